The van der Waals surface area contributed by atoms with Crippen molar-refractivity contribution in [3.63, 3.8) is 0 Å². The molecule has 1 atom stereocenters. The fourth-order valence-electron chi connectivity index (χ4n) is 2.75. The van der Waals surface area contributed by atoms with Gasteiger partial charge in [-0.05, 0) is 47.4 Å². The van der Waals surface area contributed by atoms with E-state index in [1.165, 1.54) is 4.31 Å². The Morgan fingerprint density at radius 2 is 2.22 bits per heavy atom. The number of carboxylic acids is 1. The van der Waals surface area contributed by atoms with Crippen molar-refractivity contribution in [2.45, 2.75) is 19.4 Å². The Morgan fingerprint density at radius 3 is 3.00 bits per heavy atom. The predicted octanol–water partition coefficient (Wildman–Crippen LogP) is 2.03. The van der Waals surface area contributed by atoms with Crippen LogP contribution in [0.3, 0.4) is 0 Å². The molecule has 0 spiro atoms. The van der Waals surface area contributed by atoms with Crippen LogP contribution >= 0.6 is 11.3 Å². The molecule has 124 valence electrons. The molecule has 2 aromatic rings. The second-order valence-corrected chi connectivity index (χ2v) is 8.36. The van der Waals surface area contributed by atoms with Gasteiger partial charge in [0.1, 0.15) is 0 Å². The summed E-state index contributed by atoms with van der Waals surface area (Å²) >= 11 is 1.64. The van der Waals surface area contributed by atoms with Gasteiger partial charge in [0.05, 0.1) is 5.92 Å². The Hall–Kier alpha value is -1.48. The first-order valence-corrected chi connectivity index (χ1v) is 9.71. The van der Waals surface area contributed by atoms with Crippen LogP contribution in [0.1, 0.15) is 18.4 Å². The van der Waals surface area contributed by atoms with E-state index in [2.05, 4.69) is 4.72 Å². The second-order valence-electron chi connectivity index (χ2n) is 5.65. The van der Waals surface area contributed by atoms with Crippen molar-refractivity contribution in [2.75, 3.05) is 13.1 Å². The average molecular weight is 354 g/mol. The van der Waals surface area contributed by atoms with Crippen molar-refractivity contribution in [2.24, 2.45) is 5.92 Å². The van der Waals surface area contributed by atoms with Gasteiger partial charge < -0.3 is 5.11 Å². The number of nitrogens with one attached hydrogen (secondary N) is 1. The Morgan fingerprint density at radius 1 is 1.39 bits per heavy atom. The summed E-state index contributed by atoms with van der Waals surface area (Å²) in [5, 5.41) is 12.2. The molecule has 0 saturated carbocycles. The van der Waals surface area contributed by atoms with Gasteiger partial charge in [0, 0.05) is 24.3 Å². The third-order valence-corrected chi connectivity index (χ3v) is 6.47. The van der Waals surface area contributed by atoms with Crippen molar-refractivity contribution < 1.29 is 18.3 Å². The van der Waals surface area contributed by atoms with E-state index in [9.17, 15) is 13.2 Å². The number of hydrogen-bond donors (Lipinski definition) is 2. The number of carbonyl (C=O) groups is 1. The first-order chi connectivity index (χ1) is 11.0. The Kier molecular flexibility index (Phi) is 4.67. The summed E-state index contributed by atoms with van der Waals surface area (Å²) in [6, 6.07) is 7.84. The molecule has 0 amide bonds. The highest BCUT2D eigenvalue weighted by atomic mass is 32.2. The SMILES string of the molecule is O=C(O)[C@@H]1CCCN(S(=O)(=O)NCc2ccc3sccc3c2)C1. The number of fused-ring (bicyclic) bond motifs is 1. The van der Waals surface area contributed by atoms with Gasteiger partial charge in [-0.1, -0.05) is 6.07 Å². The third kappa shape index (κ3) is 3.72. The highest BCUT2D eigenvalue weighted by Gasteiger charge is 2.31. The minimum atomic E-state index is -3.67. The zero-order chi connectivity index (χ0) is 16.4. The van der Waals surface area contributed by atoms with E-state index >= 15 is 0 Å². The van der Waals surface area contributed by atoms with Crippen LogP contribution in [-0.4, -0.2) is 36.9 Å². The second kappa shape index (κ2) is 6.56. The van der Waals surface area contributed by atoms with E-state index in [1.807, 2.05) is 29.6 Å². The van der Waals surface area contributed by atoms with E-state index in [1.54, 1.807) is 11.3 Å². The van der Waals surface area contributed by atoms with Crippen molar-refractivity contribution in [1.29, 1.82) is 0 Å². The molecule has 1 aromatic carbocycles. The quantitative estimate of drug-likeness (QED) is 0.860. The first kappa shape index (κ1) is 16.4. The first-order valence-electron chi connectivity index (χ1n) is 7.39. The van der Waals surface area contributed by atoms with Crippen LogP contribution < -0.4 is 4.72 Å². The van der Waals surface area contributed by atoms with E-state index in [-0.39, 0.29) is 13.1 Å². The Bertz CT molecular complexity index is 816. The molecule has 0 bridgehead atoms. The maximum absolute atomic E-state index is 12.4. The van der Waals surface area contributed by atoms with E-state index in [0.29, 0.717) is 19.4 Å². The maximum atomic E-state index is 12.4. The molecule has 1 fully saturated rings. The lowest BCUT2D eigenvalue weighted by atomic mass is 10.0. The van der Waals surface area contributed by atoms with Crippen LogP contribution in [0.25, 0.3) is 10.1 Å². The topological polar surface area (TPSA) is 86.7 Å². The summed E-state index contributed by atoms with van der Waals surface area (Å²) in [7, 11) is -3.67. The summed E-state index contributed by atoms with van der Waals surface area (Å²) in [5.41, 5.74) is 0.881. The summed E-state index contributed by atoms with van der Waals surface area (Å²) < 4.78 is 29.7. The van der Waals surface area contributed by atoms with E-state index in [4.69, 9.17) is 5.11 Å². The van der Waals surface area contributed by atoms with Crippen LogP contribution in [-0.2, 0) is 21.5 Å². The molecular weight excluding hydrogens is 336 g/mol. The number of piperidine rings is 1. The molecule has 1 aliphatic rings. The molecule has 3 rings (SSSR count). The zero-order valence-corrected chi connectivity index (χ0v) is 14.1. The molecule has 1 aromatic heterocycles. The fourth-order valence-corrected chi connectivity index (χ4v) is 4.80. The molecule has 23 heavy (non-hydrogen) atoms. The monoisotopic (exact) mass is 354 g/mol. The number of carboxylic acid groups (broad SMARTS) is 1. The largest absolute Gasteiger partial charge is 0.481 e. The average Bonchev–Trinajstić information content (AvgIpc) is 3.01. The van der Waals surface area contributed by atoms with Gasteiger partial charge in [0.15, 0.2) is 0 Å². The predicted molar refractivity (Wildman–Crippen MR) is 89.5 cm³/mol. The number of benzene rings is 1. The summed E-state index contributed by atoms with van der Waals surface area (Å²) in [5.74, 6) is -1.56. The van der Waals surface area contributed by atoms with E-state index in [0.717, 1.165) is 15.6 Å². The van der Waals surface area contributed by atoms with Gasteiger partial charge in [-0.3, -0.25) is 4.79 Å². The van der Waals surface area contributed by atoms with Crippen molar-refractivity contribution in [3.8, 4) is 0 Å². The molecular formula is C15H18N2O4S2. The van der Waals surface area contributed by atoms with Crippen molar-refractivity contribution in [1.82, 2.24) is 9.03 Å². The van der Waals surface area contributed by atoms with Crippen LogP contribution in [0, 0.1) is 5.92 Å². The van der Waals surface area contributed by atoms with Crippen LogP contribution in [0.4, 0.5) is 0 Å². The summed E-state index contributed by atoms with van der Waals surface area (Å²) in [6.07, 6.45) is 1.09. The fraction of sp³-hybridized carbons (Fsp3) is 0.400. The Balaban J connectivity index is 1.67. The number of hydrogen-bond acceptors (Lipinski definition) is 4. The molecule has 6 nitrogen and oxygen atoms in total. The van der Waals surface area contributed by atoms with Crippen LogP contribution in [0.2, 0.25) is 0 Å². The van der Waals surface area contributed by atoms with Gasteiger partial charge in [0.25, 0.3) is 10.2 Å². The Labute approximate surface area is 138 Å². The van der Waals surface area contributed by atoms with Gasteiger partial charge >= 0.3 is 5.97 Å². The summed E-state index contributed by atoms with van der Waals surface area (Å²) in [6.45, 7) is 0.596. The molecule has 2 heterocycles. The van der Waals surface area contributed by atoms with Crippen LogP contribution in [0.15, 0.2) is 29.6 Å². The van der Waals surface area contributed by atoms with Crippen LogP contribution in [0.5, 0.6) is 0 Å². The molecule has 0 radical (unpaired) electrons. The third-order valence-electron chi connectivity index (χ3n) is 4.05. The molecule has 0 unspecified atom stereocenters. The lowest BCUT2D eigenvalue weighted by molar-refractivity contribution is -0.142. The van der Waals surface area contributed by atoms with Gasteiger partial charge in [-0.15, -0.1) is 11.3 Å². The number of rotatable bonds is 5. The molecule has 1 aliphatic heterocycles. The highest BCUT2D eigenvalue weighted by molar-refractivity contribution is 7.87. The highest BCUT2D eigenvalue weighted by Crippen LogP contribution is 2.22. The molecule has 8 heteroatoms. The standard InChI is InChI=1S/C15H18N2O4S2/c18-15(19)13-2-1-6-17(10-13)23(20,21)16-9-11-3-4-14-12(8-11)5-7-22-14/h3-5,7-8,13,16H,1-2,6,9-10H2,(H,18,19)/t13-/m1/s1. The lowest BCUT2D eigenvalue weighted by Gasteiger charge is -2.29. The number of thiophene rings is 1. The molecule has 1 saturated heterocycles. The van der Waals surface area contributed by atoms with Gasteiger partial charge in [0.2, 0.25) is 0 Å². The minimum Gasteiger partial charge on any atom is -0.481 e. The maximum Gasteiger partial charge on any atom is 0.307 e. The summed E-state index contributed by atoms with van der Waals surface area (Å²) in [4.78, 5) is 11.1. The normalized spacial score (nSPS) is 19.9. The van der Waals surface area contributed by atoms with Crippen molar-refractivity contribution in [3.05, 3.63) is 35.2 Å². The smallest absolute Gasteiger partial charge is 0.307 e. The van der Waals surface area contributed by atoms with Gasteiger partial charge in [-0.25, -0.2) is 0 Å². The van der Waals surface area contributed by atoms with E-state index < -0.39 is 22.1 Å². The van der Waals surface area contributed by atoms with Gasteiger partial charge in [-0.2, -0.15) is 17.4 Å². The molecule has 2 N–H and O–H groups in total. The zero-order valence-electron chi connectivity index (χ0n) is 12.4. The van der Waals surface area contributed by atoms with Crippen molar-refractivity contribution >= 4 is 37.6 Å². The number of aliphatic carboxylic acids is 1. The lowest BCUT2D eigenvalue weighted by Crippen LogP contribution is -2.47. The molecule has 0 aliphatic carbocycles. The minimum absolute atomic E-state index is 0.0359. The number of nitrogens with zero attached hydrogens (tertiary/aromatic N) is 1.